The quantitative estimate of drug-likeness (QED) is 0.711. The number of carbonyl (C=O) groups is 1. The van der Waals surface area contributed by atoms with Gasteiger partial charge in [0.05, 0.1) is 7.11 Å². The first-order chi connectivity index (χ1) is 6.22. The fourth-order valence-corrected chi connectivity index (χ4v) is 0.775. The number of hydrogen-bond acceptors (Lipinski definition) is 3. The van der Waals surface area contributed by atoms with Gasteiger partial charge in [-0.2, -0.15) is 5.48 Å². The molecule has 0 unspecified atom stereocenters. The number of nitrogens with one attached hydrogen (secondary N) is 1. The van der Waals surface area contributed by atoms with Gasteiger partial charge in [-0.25, -0.2) is 0 Å². The topological polar surface area (TPSA) is 47.6 Å². The first-order valence-electron chi connectivity index (χ1n) is 3.80. The molecule has 1 N–H and O–H groups in total. The molecular formula is C9H11NO3. The maximum absolute atomic E-state index is 10.5. The lowest BCUT2D eigenvalue weighted by Gasteiger charge is -2.04. The molecule has 0 atom stereocenters. The zero-order valence-corrected chi connectivity index (χ0v) is 7.53. The molecule has 4 nitrogen and oxygen atoms in total. The minimum atomic E-state index is -0.240. The molecule has 1 rings (SSSR count). The number of hydrogen-bond donors (Lipinski definition) is 1. The number of hydroxylamine groups is 1. The SMILES string of the molecule is COc1ccc(ONC(C)=O)cc1. The first-order valence-corrected chi connectivity index (χ1v) is 3.80. The molecule has 0 fully saturated rings. The average Bonchev–Trinajstić information content (AvgIpc) is 2.15. The minimum Gasteiger partial charge on any atom is -0.497 e. The van der Waals surface area contributed by atoms with E-state index in [4.69, 9.17) is 9.57 Å². The second-order valence-electron chi connectivity index (χ2n) is 2.44. The van der Waals surface area contributed by atoms with Crippen LogP contribution in [0.4, 0.5) is 0 Å². The predicted molar refractivity (Wildman–Crippen MR) is 47.4 cm³/mol. The maximum Gasteiger partial charge on any atom is 0.249 e. The molecule has 0 aromatic heterocycles. The van der Waals surface area contributed by atoms with Crippen LogP contribution in [0.1, 0.15) is 6.92 Å². The summed E-state index contributed by atoms with van der Waals surface area (Å²) in [6.07, 6.45) is 0. The van der Waals surface area contributed by atoms with Crippen molar-refractivity contribution in [1.82, 2.24) is 5.48 Å². The highest BCUT2D eigenvalue weighted by atomic mass is 16.7. The summed E-state index contributed by atoms with van der Waals surface area (Å²) in [7, 11) is 1.59. The zero-order valence-electron chi connectivity index (χ0n) is 7.53. The monoisotopic (exact) mass is 181 g/mol. The number of ether oxygens (including phenoxy) is 1. The first kappa shape index (κ1) is 9.38. The van der Waals surface area contributed by atoms with Crippen LogP contribution in [0.15, 0.2) is 24.3 Å². The van der Waals surface area contributed by atoms with Crippen LogP contribution in [0, 0.1) is 0 Å². The number of benzene rings is 1. The van der Waals surface area contributed by atoms with Gasteiger partial charge in [0.25, 0.3) is 0 Å². The summed E-state index contributed by atoms with van der Waals surface area (Å²) in [4.78, 5) is 15.4. The van der Waals surface area contributed by atoms with Gasteiger partial charge in [-0.05, 0) is 24.3 Å². The Hall–Kier alpha value is -1.71. The molecule has 0 aliphatic rings. The second kappa shape index (κ2) is 4.35. The third-order valence-electron chi connectivity index (χ3n) is 1.37. The van der Waals surface area contributed by atoms with Crippen molar-refractivity contribution in [3.05, 3.63) is 24.3 Å². The molecule has 13 heavy (non-hydrogen) atoms. The molecule has 0 radical (unpaired) electrons. The van der Waals surface area contributed by atoms with E-state index in [2.05, 4.69) is 5.48 Å². The standard InChI is InChI=1S/C9H11NO3/c1-7(11)10-13-9-5-3-8(12-2)4-6-9/h3-6H,1-2H3,(H,10,11). The molecule has 0 saturated heterocycles. The third-order valence-corrected chi connectivity index (χ3v) is 1.37. The van der Waals surface area contributed by atoms with Gasteiger partial charge >= 0.3 is 0 Å². The minimum absolute atomic E-state index is 0.240. The fourth-order valence-electron chi connectivity index (χ4n) is 0.775. The number of carbonyl (C=O) groups excluding carboxylic acids is 1. The summed E-state index contributed by atoms with van der Waals surface area (Å²) >= 11 is 0. The molecule has 0 aliphatic heterocycles. The van der Waals surface area contributed by atoms with Crippen molar-refractivity contribution >= 4 is 5.91 Å². The van der Waals surface area contributed by atoms with E-state index >= 15 is 0 Å². The lowest BCUT2D eigenvalue weighted by Crippen LogP contribution is -2.23. The normalized spacial score (nSPS) is 9.08. The van der Waals surface area contributed by atoms with Crippen molar-refractivity contribution in [3.63, 3.8) is 0 Å². The van der Waals surface area contributed by atoms with Crippen LogP contribution in [-0.4, -0.2) is 13.0 Å². The Morgan fingerprint density at radius 3 is 2.23 bits per heavy atom. The van der Waals surface area contributed by atoms with Crippen LogP contribution >= 0.6 is 0 Å². The molecule has 0 aliphatic carbocycles. The van der Waals surface area contributed by atoms with Crippen LogP contribution in [0.5, 0.6) is 11.5 Å². The van der Waals surface area contributed by atoms with Crippen molar-refractivity contribution in [2.24, 2.45) is 0 Å². The summed E-state index contributed by atoms with van der Waals surface area (Å²) in [5, 5.41) is 0. The van der Waals surface area contributed by atoms with Crippen molar-refractivity contribution in [3.8, 4) is 11.5 Å². The highest BCUT2D eigenvalue weighted by Crippen LogP contribution is 2.15. The lowest BCUT2D eigenvalue weighted by molar-refractivity contribution is -0.125. The van der Waals surface area contributed by atoms with Crippen molar-refractivity contribution < 1.29 is 14.4 Å². The van der Waals surface area contributed by atoms with Gasteiger partial charge in [0, 0.05) is 6.92 Å². The Morgan fingerprint density at radius 2 is 1.77 bits per heavy atom. The Kier molecular flexibility index (Phi) is 3.14. The van der Waals surface area contributed by atoms with Gasteiger partial charge in [-0.1, -0.05) is 0 Å². The summed E-state index contributed by atoms with van der Waals surface area (Å²) in [5.41, 5.74) is 2.22. The molecular weight excluding hydrogens is 170 g/mol. The van der Waals surface area contributed by atoms with Gasteiger partial charge in [0.15, 0.2) is 5.75 Å². The van der Waals surface area contributed by atoms with E-state index in [1.54, 1.807) is 31.4 Å². The largest absolute Gasteiger partial charge is 0.497 e. The molecule has 70 valence electrons. The van der Waals surface area contributed by atoms with E-state index in [0.717, 1.165) is 5.75 Å². The van der Waals surface area contributed by atoms with Gasteiger partial charge in [-0.3, -0.25) is 4.79 Å². The molecule has 1 aromatic carbocycles. The Morgan fingerprint density at radius 1 is 1.23 bits per heavy atom. The number of amides is 1. The molecule has 1 amide bonds. The van der Waals surface area contributed by atoms with Gasteiger partial charge in [-0.15, -0.1) is 0 Å². The maximum atomic E-state index is 10.5. The second-order valence-corrected chi connectivity index (χ2v) is 2.44. The highest BCUT2D eigenvalue weighted by Gasteiger charge is 1.95. The summed E-state index contributed by atoms with van der Waals surface area (Å²) in [5.74, 6) is 1.07. The van der Waals surface area contributed by atoms with Gasteiger partial charge < -0.3 is 9.57 Å². The highest BCUT2D eigenvalue weighted by molar-refractivity contribution is 5.71. The Labute approximate surface area is 76.4 Å². The zero-order chi connectivity index (χ0) is 9.68. The summed E-state index contributed by atoms with van der Waals surface area (Å²) < 4.78 is 4.95. The summed E-state index contributed by atoms with van der Waals surface area (Å²) in [6.45, 7) is 1.38. The molecule has 4 heteroatoms. The lowest BCUT2D eigenvalue weighted by atomic mass is 10.3. The Bertz CT molecular complexity index is 281. The van der Waals surface area contributed by atoms with E-state index in [0.29, 0.717) is 5.75 Å². The van der Waals surface area contributed by atoms with Crippen LogP contribution in [0.25, 0.3) is 0 Å². The number of rotatable bonds is 3. The summed E-state index contributed by atoms with van der Waals surface area (Å²) in [6, 6.07) is 6.90. The molecule has 0 saturated carbocycles. The van der Waals surface area contributed by atoms with Crippen molar-refractivity contribution in [2.75, 3.05) is 7.11 Å². The number of methoxy groups -OCH3 is 1. The van der Waals surface area contributed by atoms with E-state index in [9.17, 15) is 4.79 Å². The fraction of sp³-hybridized carbons (Fsp3) is 0.222. The van der Waals surface area contributed by atoms with E-state index in [-0.39, 0.29) is 5.91 Å². The van der Waals surface area contributed by atoms with E-state index in [1.165, 1.54) is 6.92 Å². The van der Waals surface area contributed by atoms with Crippen LogP contribution in [0.3, 0.4) is 0 Å². The van der Waals surface area contributed by atoms with Crippen molar-refractivity contribution in [1.29, 1.82) is 0 Å². The molecule has 0 heterocycles. The van der Waals surface area contributed by atoms with E-state index in [1.807, 2.05) is 0 Å². The van der Waals surface area contributed by atoms with Crippen molar-refractivity contribution in [2.45, 2.75) is 6.92 Å². The predicted octanol–water partition coefficient (Wildman–Crippen LogP) is 1.13. The van der Waals surface area contributed by atoms with Gasteiger partial charge in [0.2, 0.25) is 5.91 Å². The average molecular weight is 181 g/mol. The molecule has 1 aromatic rings. The third kappa shape index (κ3) is 3.02. The smallest absolute Gasteiger partial charge is 0.249 e. The van der Waals surface area contributed by atoms with Crippen LogP contribution < -0.4 is 15.1 Å². The van der Waals surface area contributed by atoms with Crippen LogP contribution in [-0.2, 0) is 4.79 Å². The Balaban J connectivity index is 2.54. The van der Waals surface area contributed by atoms with Crippen LogP contribution in [0.2, 0.25) is 0 Å². The molecule has 0 bridgehead atoms. The van der Waals surface area contributed by atoms with E-state index < -0.39 is 0 Å². The molecule has 0 spiro atoms. The van der Waals surface area contributed by atoms with Gasteiger partial charge in [0.1, 0.15) is 5.75 Å².